The van der Waals surface area contributed by atoms with Gasteiger partial charge in [-0.05, 0) is 49.9 Å². The van der Waals surface area contributed by atoms with Crippen LogP contribution in [0.25, 0.3) is 28.5 Å². The van der Waals surface area contributed by atoms with Crippen molar-refractivity contribution >= 4 is 28.5 Å². The van der Waals surface area contributed by atoms with Crippen LogP contribution in [0, 0.1) is 0 Å². The standard InChI is InChI=1S/C23H16.4ClH.Ti/c1-2-6-16(7-3-1)20-13-11-18-12-14-21-19-9-5-4-8-17(19)10-15-22(21)23(18)20;;;;;/h1-7,9-15H,8H2;4*1H;/q;;;;;+4/p-4. The smallest absolute Gasteiger partial charge is 1.00 e. The van der Waals surface area contributed by atoms with Crippen LogP contribution >= 0.6 is 0 Å². The number of hydrogen-bond acceptors (Lipinski definition) is 0. The van der Waals surface area contributed by atoms with Gasteiger partial charge in [-0.2, -0.15) is 0 Å². The van der Waals surface area contributed by atoms with Crippen LogP contribution < -0.4 is 60.1 Å². The minimum absolute atomic E-state index is 0. The van der Waals surface area contributed by atoms with Crippen LogP contribution in [0.5, 0.6) is 0 Å². The third-order valence-electron chi connectivity index (χ3n) is 4.89. The van der Waals surface area contributed by atoms with E-state index in [4.69, 9.17) is 0 Å². The maximum Gasteiger partial charge on any atom is 4.00 e. The van der Waals surface area contributed by atoms with Crippen molar-refractivity contribution in [2.24, 2.45) is 0 Å². The van der Waals surface area contributed by atoms with Gasteiger partial charge < -0.3 is 49.6 Å². The van der Waals surface area contributed by atoms with E-state index >= 15 is 0 Å². The second kappa shape index (κ2) is 11.3. The molecule has 28 heavy (non-hydrogen) atoms. The maximum atomic E-state index is 2.30. The molecule has 0 aromatic heterocycles. The molecule has 0 amide bonds. The molecule has 5 heteroatoms. The van der Waals surface area contributed by atoms with Gasteiger partial charge in [0.05, 0.1) is 0 Å². The molecule has 0 spiro atoms. The summed E-state index contributed by atoms with van der Waals surface area (Å²) in [6, 6.07) is 19.8. The van der Waals surface area contributed by atoms with Crippen LogP contribution in [0.1, 0.15) is 16.7 Å². The Morgan fingerprint density at radius 1 is 0.679 bits per heavy atom. The topological polar surface area (TPSA) is 0 Å². The summed E-state index contributed by atoms with van der Waals surface area (Å²) < 4.78 is 0. The minimum Gasteiger partial charge on any atom is -1.00 e. The van der Waals surface area contributed by atoms with Gasteiger partial charge in [0.15, 0.2) is 0 Å². The van der Waals surface area contributed by atoms with Gasteiger partial charge >= 0.3 is 21.7 Å². The Morgan fingerprint density at radius 3 is 2.14 bits per heavy atom. The molecule has 5 rings (SSSR count). The number of allylic oxidation sites excluding steroid dienone is 3. The van der Waals surface area contributed by atoms with Gasteiger partial charge in [0.25, 0.3) is 0 Å². The van der Waals surface area contributed by atoms with E-state index in [1.807, 2.05) is 0 Å². The Kier molecular flexibility index (Phi) is 10.9. The monoisotopic (exact) mass is 480 g/mol. The molecular formula is C23H16Cl4Ti. The fourth-order valence-electron chi connectivity index (χ4n) is 3.78. The zero-order valence-electron chi connectivity index (χ0n) is 14.8. The van der Waals surface area contributed by atoms with Gasteiger partial charge in [0, 0.05) is 0 Å². The largest absolute Gasteiger partial charge is 4.00 e. The molecule has 0 saturated heterocycles. The predicted molar refractivity (Wildman–Crippen MR) is 98.5 cm³/mol. The quantitative estimate of drug-likeness (QED) is 0.303. The van der Waals surface area contributed by atoms with Gasteiger partial charge in [-0.25, -0.2) is 0 Å². The summed E-state index contributed by atoms with van der Waals surface area (Å²) in [5.74, 6) is 0. The molecule has 3 aromatic carbocycles. The molecule has 0 saturated carbocycles. The molecule has 0 atom stereocenters. The maximum absolute atomic E-state index is 2.30. The van der Waals surface area contributed by atoms with Crippen LogP contribution in [0.4, 0.5) is 0 Å². The fraction of sp³-hybridized carbons (Fsp3) is 0.0435. The molecule has 0 aliphatic heterocycles. The van der Waals surface area contributed by atoms with Crippen molar-refractivity contribution < 1.29 is 71.3 Å². The van der Waals surface area contributed by atoms with Crippen LogP contribution in [0.2, 0.25) is 0 Å². The van der Waals surface area contributed by atoms with E-state index in [-0.39, 0.29) is 71.3 Å². The van der Waals surface area contributed by atoms with E-state index in [0.717, 1.165) is 6.42 Å². The van der Waals surface area contributed by atoms with Crippen molar-refractivity contribution in [3.63, 3.8) is 0 Å². The molecule has 0 bridgehead atoms. The summed E-state index contributed by atoms with van der Waals surface area (Å²) in [4.78, 5) is 0. The molecule has 3 aromatic rings. The molecule has 0 heterocycles. The van der Waals surface area contributed by atoms with E-state index < -0.39 is 0 Å². The van der Waals surface area contributed by atoms with Gasteiger partial charge in [0.2, 0.25) is 0 Å². The average Bonchev–Trinajstić information content (AvgIpc) is 3.06. The summed E-state index contributed by atoms with van der Waals surface area (Å²) in [6.07, 6.45) is 12.2. The second-order valence-electron chi connectivity index (χ2n) is 6.18. The first kappa shape index (κ1) is 27.0. The zero-order chi connectivity index (χ0) is 15.2. The number of benzene rings is 3. The van der Waals surface area contributed by atoms with Crippen molar-refractivity contribution in [3.8, 4) is 0 Å². The van der Waals surface area contributed by atoms with Crippen molar-refractivity contribution in [3.05, 3.63) is 100.0 Å². The third-order valence-corrected chi connectivity index (χ3v) is 4.89. The average molecular weight is 482 g/mol. The third kappa shape index (κ3) is 4.44. The number of hydrogen-bond donors (Lipinski definition) is 0. The van der Waals surface area contributed by atoms with Crippen LogP contribution in [0.15, 0.2) is 72.8 Å². The Labute approximate surface area is 205 Å². The minimum atomic E-state index is 0. The van der Waals surface area contributed by atoms with Gasteiger partial charge in [0.1, 0.15) is 0 Å². The summed E-state index contributed by atoms with van der Waals surface area (Å²) in [6.45, 7) is 0. The number of halogens is 4. The Balaban J connectivity index is 0.00000146. The van der Waals surface area contributed by atoms with E-state index in [0.29, 0.717) is 0 Å². The second-order valence-corrected chi connectivity index (χ2v) is 6.18. The van der Waals surface area contributed by atoms with Gasteiger partial charge in [-0.1, -0.05) is 85.0 Å². The summed E-state index contributed by atoms with van der Waals surface area (Å²) in [5, 5.41) is 5.48. The van der Waals surface area contributed by atoms with Crippen molar-refractivity contribution in [2.75, 3.05) is 0 Å². The molecule has 2 aliphatic carbocycles. The van der Waals surface area contributed by atoms with E-state index in [1.54, 1.807) is 0 Å². The molecule has 0 fully saturated rings. The Morgan fingerprint density at radius 2 is 1.39 bits per heavy atom. The van der Waals surface area contributed by atoms with E-state index in [1.165, 1.54) is 43.5 Å². The van der Waals surface area contributed by atoms with E-state index in [2.05, 4.69) is 85.0 Å². The molecular weight excluding hydrogens is 466 g/mol. The Hall–Kier alpha value is -0.986. The molecule has 2 aliphatic rings. The van der Waals surface area contributed by atoms with E-state index in [9.17, 15) is 0 Å². The van der Waals surface area contributed by atoms with Crippen molar-refractivity contribution in [2.45, 2.75) is 6.42 Å². The van der Waals surface area contributed by atoms with Crippen LogP contribution in [-0.2, 0) is 28.1 Å². The molecule has 0 nitrogen and oxygen atoms in total. The summed E-state index contributed by atoms with van der Waals surface area (Å²) >= 11 is 0. The van der Waals surface area contributed by atoms with Gasteiger partial charge in [-0.15, -0.1) is 0 Å². The molecule has 0 unspecified atom stereocenters. The number of rotatable bonds is 1. The predicted octanol–water partition coefficient (Wildman–Crippen LogP) is -8.03. The molecule has 140 valence electrons. The summed E-state index contributed by atoms with van der Waals surface area (Å²) in [7, 11) is 0. The van der Waals surface area contributed by atoms with Crippen molar-refractivity contribution in [1.29, 1.82) is 0 Å². The normalized spacial score (nSPS) is 12.1. The Bertz CT molecular complexity index is 1130. The van der Waals surface area contributed by atoms with Gasteiger partial charge in [-0.3, -0.25) is 0 Å². The first-order valence-corrected chi connectivity index (χ1v) is 8.11. The van der Waals surface area contributed by atoms with Crippen LogP contribution in [-0.4, -0.2) is 0 Å². The van der Waals surface area contributed by atoms with Crippen LogP contribution in [0.3, 0.4) is 0 Å². The molecule has 0 N–H and O–H groups in total. The number of fused-ring (bicyclic) bond motifs is 5. The van der Waals surface area contributed by atoms with Crippen molar-refractivity contribution in [1.82, 2.24) is 0 Å². The first-order chi connectivity index (χ1) is 11.4. The SMILES string of the molecule is C1=CCc2ccc3c4c(ccc3c2=C1)C=CC=4c1ccccc1.[Cl-].[Cl-].[Cl-].[Cl-].[Ti+4]. The molecule has 0 radical (unpaired) electrons. The fourth-order valence-corrected chi connectivity index (χ4v) is 3.78. The first-order valence-electron chi connectivity index (χ1n) is 8.11. The zero-order valence-corrected chi connectivity index (χ0v) is 19.4. The summed E-state index contributed by atoms with van der Waals surface area (Å²) in [5.41, 5.74) is 5.36.